The number of hydrogen-bond acceptors (Lipinski definition) is 4. The van der Waals surface area contributed by atoms with Crippen molar-refractivity contribution < 1.29 is 27.8 Å². The maximum absolute atomic E-state index is 13.0. The zero-order valence-electron chi connectivity index (χ0n) is 16.2. The molecule has 3 rings (SSSR count). The van der Waals surface area contributed by atoms with Gasteiger partial charge in [0.1, 0.15) is 11.5 Å². The standard InChI is InChI=1S/C23H20F2O4/c1-5-23(6-2)19-11-15(28-21(26)13(3)24)7-9-17(19)18-10-8-16(12-20(18)23)29-22(27)14(4)25/h7-12H,3-6H2,1-2H3. The molecule has 0 saturated heterocycles. The molecule has 0 N–H and O–H groups in total. The summed E-state index contributed by atoms with van der Waals surface area (Å²) in [4.78, 5) is 23.1. The molecule has 4 nitrogen and oxygen atoms in total. The van der Waals surface area contributed by atoms with Crippen LogP contribution in [-0.4, -0.2) is 11.9 Å². The first-order chi connectivity index (χ1) is 13.7. The molecular formula is C23H20F2O4. The first kappa shape index (κ1) is 20.5. The molecule has 1 aliphatic carbocycles. The minimum absolute atomic E-state index is 0.215. The molecule has 0 saturated carbocycles. The molecular weight excluding hydrogens is 378 g/mol. The number of fused-ring (bicyclic) bond motifs is 3. The second-order valence-electron chi connectivity index (χ2n) is 6.79. The van der Waals surface area contributed by atoms with Gasteiger partial charge in [0.15, 0.2) is 0 Å². The number of esters is 2. The third kappa shape index (κ3) is 3.46. The summed E-state index contributed by atoms with van der Waals surface area (Å²) >= 11 is 0. The van der Waals surface area contributed by atoms with Crippen LogP contribution in [0.3, 0.4) is 0 Å². The quantitative estimate of drug-likeness (QED) is 0.364. The van der Waals surface area contributed by atoms with Gasteiger partial charge in [-0.1, -0.05) is 39.1 Å². The van der Waals surface area contributed by atoms with E-state index in [4.69, 9.17) is 9.47 Å². The third-order valence-corrected chi connectivity index (χ3v) is 5.37. The molecule has 0 amide bonds. The summed E-state index contributed by atoms with van der Waals surface area (Å²) in [7, 11) is 0. The summed E-state index contributed by atoms with van der Waals surface area (Å²) in [5, 5.41) is 0. The Morgan fingerprint density at radius 3 is 1.52 bits per heavy atom. The molecule has 0 radical (unpaired) electrons. The predicted molar refractivity (Wildman–Crippen MR) is 105 cm³/mol. The summed E-state index contributed by atoms with van der Waals surface area (Å²) in [6, 6.07) is 10.2. The van der Waals surface area contributed by atoms with Crippen molar-refractivity contribution >= 4 is 11.9 Å². The Morgan fingerprint density at radius 1 is 0.828 bits per heavy atom. The minimum Gasteiger partial charge on any atom is -0.421 e. The van der Waals surface area contributed by atoms with Crippen molar-refractivity contribution in [3.8, 4) is 22.6 Å². The van der Waals surface area contributed by atoms with Gasteiger partial charge in [-0.2, -0.15) is 8.78 Å². The van der Waals surface area contributed by atoms with Crippen molar-refractivity contribution in [2.75, 3.05) is 0 Å². The number of ether oxygens (including phenoxy) is 2. The molecule has 6 heteroatoms. The summed E-state index contributed by atoms with van der Waals surface area (Å²) in [6.45, 7) is 9.94. The molecule has 2 aromatic rings. The summed E-state index contributed by atoms with van der Waals surface area (Å²) in [5.74, 6) is -4.20. The second kappa shape index (κ2) is 7.62. The lowest BCUT2D eigenvalue weighted by atomic mass is 9.74. The molecule has 0 atom stereocenters. The lowest BCUT2D eigenvalue weighted by Gasteiger charge is -2.30. The fourth-order valence-corrected chi connectivity index (χ4v) is 3.92. The number of hydrogen-bond donors (Lipinski definition) is 0. The van der Waals surface area contributed by atoms with Crippen LogP contribution in [0.4, 0.5) is 8.78 Å². The minimum atomic E-state index is -1.17. The smallest absolute Gasteiger partial charge is 0.371 e. The number of carbonyl (C=O) groups is 2. The van der Waals surface area contributed by atoms with Crippen LogP contribution >= 0.6 is 0 Å². The average Bonchev–Trinajstić information content (AvgIpc) is 2.96. The first-order valence-electron chi connectivity index (χ1n) is 9.16. The van der Waals surface area contributed by atoms with Crippen molar-refractivity contribution in [3.05, 3.63) is 72.3 Å². The Kier molecular flexibility index (Phi) is 5.38. The molecule has 0 heterocycles. The van der Waals surface area contributed by atoms with Crippen molar-refractivity contribution in [3.63, 3.8) is 0 Å². The van der Waals surface area contributed by atoms with E-state index in [9.17, 15) is 18.4 Å². The fourth-order valence-electron chi connectivity index (χ4n) is 3.92. The lowest BCUT2D eigenvalue weighted by Crippen LogP contribution is -2.23. The lowest BCUT2D eigenvalue weighted by molar-refractivity contribution is -0.132. The molecule has 0 fully saturated rings. The van der Waals surface area contributed by atoms with E-state index in [0.717, 1.165) is 22.3 Å². The summed E-state index contributed by atoms with van der Waals surface area (Å²) in [5.41, 5.74) is 3.29. The highest BCUT2D eigenvalue weighted by molar-refractivity contribution is 5.89. The highest BCUT2D eigenvalue weighted by Crippen LogP contribution is 2.54. The van der Waals surface area contributed by atoms with Crippen LogP contribution in [0.5, 0.6) is 11.5 Å². The normalized spacial score (nSPS) is 13.2. The molecule has 2 aromatic carbocycles. The summed E-state index contributed by atoms with van der Waals surface area (Å²) < 4.78 is 36.1. The van der Waals surface area contributed by atoms with Gasteiger partial charge in [0.2, 0.25) is 11.7 Å². The molecule has 0 aliphatic heterocycles. The van der Waals surface area contributed by atoms with Crippen LogP contribution in [0.15, 0.2) is 61.2 Å². The first-order valence-corrected chi connectivity index (χ1v) is 9.16. The molecule has 150 valence electrons. The maximum atomic E-state index is 13.0. The van der Waals surface area contributed by atoms with Gasteiger partial charge in [-0.15, -0.1) is 0 Å². The Labute approximate surface area is 167 Å². The van der Waals surface area contributed by atoms with Gasteiger partial charge in [-0.25, -0.2) is 9.59 Å². The van der Waals surface area contributed by atoms with Crippen LogP contribution in [-0.2, 0) is 15.0 Å². The maximum Gasteiger partial charge on any atom is 0.371 e. The van der Waals surface area contributed by atoms with E-state index in [1.807, 2.05) is 13.8 Å². The Morgan fingerprint density at radius 2 is 1.21 bits per heavy atom. The zero-order chi connectivity index (χ0) is 21.3. The Bertz CT molecular complexity index is 956. The van der Waals surface area contributed by atoms with E-state index in [-0.39, 0.29) is 11.5 Å². The molecule has 0 aromatic heterocycles. The van der Waals surface area contributed by atoms with E-state index >= 15 is 0 Å². The van der Waals surface area contributed by atoms with Gasteiger partial charge in [-0.05, 0) is 59.4 Å². The Hall–Kier alpha value is -3.28. The molecule has 0 spiro atoms. The van der Waals surface area contributed by atoms with E-state index < -0.39 is 29.0 Å². The highest BCUT2D eigenvalue weighted by atomic mass is 19.1. The van der Waals surface area contributed by atoms with E-state index in [0.29, 0.717) is 12.8 Å². The van der Waals surface area contributed by atoms with Crippen LogP contribution in [0.2, 0.25) is 0 Å². The molecule has 29 heavy (non-hydrogen) atoms. The summed E-state index contributed by atoms with van der Waals surface area (Å²) in [6.07, 6.45) is 1.42. The van der Waals surface area contributed by atoms with Crippen molar-refractivity contribution in [2.24, 2.45) is 0 Å². The van der Waals surface area contributed by atoms with E-state index in [1.165, 1.54) is 0 Å². The molecule has 0 bridgehead atoms. The van der Waals surface area contributed by atoms with Crippen LogP contribution < -0.4 is 9.47 Å². The number of halogens is 2. The molecule has 1 aliphatic rings. The van der Waals surface area contributed by atoms with E-state index in [2.05, 4.69) is 13.2 Å². The molecule has 0 unspecified atom stereocenters. The number of rotatable bonds is 6. The van der Waals surface area contributed by atoms with Gasteiger partial charge in [-0.3, -0.25) is 0 Å². The highest BCUT2D eigenvalue weighted by Gasteiger charge is 2.41. The second-order valence-corrected chi connectivity index (χ2v) is 6.79. The average molecular weight is 398 g/mol. The van der Waals surface area contributed by atoms with Crippen LogP contribution in [0, 0.1) is 0 Å². The van der Waals surface area contributed by atoms with Gasteiger partial charge >= 0.3 is 11.9 Å². The van der Waals surface area contributed by atoms with Crippen LogP contribution in [0.25, 0.3) is 11.1 Å². The zero-order valence-corrected chi connectivity index (χ0v) is 16.2. The van der Waals surface area contributed by atoms with Crippen LogP contribution in [0.1, 0.15) is 37.8 Å². The van der Waals surface area contributed by atoms with Crippen molar-refractivity contribution in [2.45, 2.75) is 32.1 Å². The van der Waals surface area contributed by atoms with Gasteiger partial charge < -0.3 is 9.47 Å². The third-order valence-electron chi connectivity index (χ3n) is 5.37. The van der Waals surface area contributed by atoms with Gasteiger partial charge in [0.25, 0.3) is 0 Å². The Balaban J connectivity index is 2.09. The van der Waals surface area contributed by atoms with E-state index in [1.54, 1.807) is 36.4 Å². The topological polar surface area (TPSA) is 52.6 Å². The predicted octanol–water partition coefficient (Wildman–Crippen LogP) is 5.55. The van der Waals surface area contributed by atoms with Gasteiger partial charge in [0, 0.05) is 5.41 Å². The van der Waals surface area contributed by atoms with Crippen molar-refractivity contribution in [1.82, 2.24) is 0 Å². The fraction of sp³-hybridized carbons (Fsp3) is 0.217. The van der Waals surface area contributed by atoms with Crippen molar-refractivity contribution in [1.29, 1.82) is 0 Å². The van der Waals surface area contributed by atoms with Gasteiger partial charge in [0.05, 0.1) is 0 Å². The number of benzene rings is 2. The monoisotopic (exact) mass is 398 g/mol. The largest absolute Gasteiger partial charge is 0.421 e. The number of carbonyl (C=O) groups excluding carboxylic acids is 2. The SMILES string of the molecule is C=C(F)C(=O)Oc1ccc2c(c1)C(CC)(CC)c1cc(OC(=O)C(=C)F)ccc1-2.